The maximum Gasteiger partial charge on any atom is 0.309 e. The second-order valence-electron chi connectivity index (χ2n) is 11.8. The summed E-state index contributed by atoms with van der Waals surface area (Å²) in [5.41, 5.74) is 3.96. The maximum atomic E-state index is 13.2. The van der Waals surface area contributed by atoms with Crippen LogP contribution in [-0.2, 0) is 28.1 Å². The average Bonchev–Trinajstić information content (AvgIpc) is 3.30. The van der Waals surface area contributed by atoms with Crippen LogP contribution in [-0.4, -0.2) is 60.4 Å². The van der Waals surface area contributed by atoms with E-state index in [9.17, 15) is 14.4 Å². The summed E-state index contributed by atoms with van der Waals surface area (Å²) in [6.45, 7) is 6.90. The molecule has 0 unspecified atom stereocenters. The lowest BCUT2D eigenvalue weighted by Gasteiger charge is -2.52. The van der Waals surface area contributed by atoms with E-state index in [-0.39, 0.29) is 35.8 Å². The number of imide groups is 1. The van der Waals surface area contributed by atoms with Gasteiger partial charge in [-0.3, -0.25) is 24.2 Å². The molecule has 0 saturated heterocycles. The summed E-state index contributed by atoms with van der Waals surface area (Å²) in [4.78, 5) is 43.3. The molecule has 0 radical (unpaired) electrons. The van der Waals surface area contributed by atoms with Gasteiger partial charge in [0.05, 0.1) is 30.3 Å². The highest BCUT2D eigenvalue weighted by Gasteiger charge is 2.47. The minimum Gasteiger partial charge on any atom is -0.490 e. The topological polar surface area (TPSA) is 85.4 Å². The Bertz CT molecular complexity index is 1490. The van der Waals surface area contributed by atoms with Gasteiger partial charge in [-0.2, -0.15) is 0 Å². The van der Waals surface area contributed by atoms with E-state index in [2.05, 4.69) is 17.0 Å². The van der Waals surface area contributed by atoms with Gasteiger partial charge in [-0.25, -0.2) is 0 Å². The van der Waals surface area contributed by atoms with Crippen LogP contribution in [0.5, 0.6) is 11.5 Å². The molecule has 0 N–H and O–H groups in total. The van der Waals surface area contributed by atoms with E-state index in [0.717, 1.165) is 42.9 Å². The smallest absolute Gasteiger partial charge is 0.309 e. The van der Waals surface area contributed by atoms with Gasteiger partial charge in [0.15, 0.2) is 11.5 Å². The van der Waals surface area contributed by atoms with Crippen LogP contribution < -0.4 is 9.47 Å². The third-order valence-electron chi connectivity index (χ3n) is 9.37. The van der Waals surface area contributed by atoms with E-state index in [1.807, 2.05) is 44.2 Å². The first-order valence-corrected chi connectivity index (χ1v) is 15.8. The number of esters is 1. The lowest BCUT2D eigenvalue weighted by molar-refractivity contribution is -0.152. The fourth-order valence-corrected chi connectivity index (χ4v) is 7.17. The zero-order valence-electron chi connectivity index (χ0n) is 25.6. The van der Waals surface area contributed by atoms with Crippen molar-refractivity contribution in [3.8, 4) is 11.5 Å². The highest BCUT2D eigenvalue weighted by Crippen LogP contribution is 2.50. The molecule has 0 atom stereocenters. The van der Waals surface area contributed by atoms with E-state index < -0.39 is 0 Å². The molecule has 8 heteroatoms. The number of benzene rings is 3. The fraction of sp³-hybridized carbons (Fsp3) is 0.417. The Labute approximate surface area is 258 Å². The summed E-state index contributed by atoms with van der Waals surface area (Å²) in [7, 11) is 0. The molecule has 0 bridgehead atoms. The van der Waals surface area contributed by atoms with Gasteiger partial charge in [-0.05, 0) is 86.9 Å². The molecule has 3 aliphatic rings. The first-order valence-electron chi connectivity index (χ1n) is 15.8. The monoisotopic (exact) mass is 596 g/mol. The molecule has 6 rings (SSSR count). The molecule has 1 saturated carbocycles. The van der Waals surface area contributed by atoms with E-state index in [0.29, 0.717) is 50.3 Å². The van der Waals surface area contributed by atoms with Crippen molar-refractivity contribution in [1.29, 1.82) is 0 Å². The van der Waals surface area contributed by atoms with Crippen LogP contribution in [0.1, 0.15) is 76.9 Å². The summed E-state index contributed by atoms with van der Waals surface area (Å²) in [5.74, 6) is 0.671. The molecular weight excluding hydrogens is 556 g/mol. The second kappa shape index (κ2) is 12.8. The van der Waals surface area contributed by atoms with Crippen LogP contribution >= 0.6 is 0 Å². The summed E-state index contributed by atoms with van der Waals surface area (Å²) < 4.78 is 17.7. The second-order valence-corrected chi connectivity index (χ2v) is 11.8. The zero-order chi connectivity index (χ0) is 30.7. The van der Waals surface area contributed by atoms with Crippen LogP contribution in [0, 0.1) is 5.92 Å². The van der Waals surface area contributed by atoms with Gasteiger partial charge in [-0.1, -0.05) is 42.5 Å². The lowest BCUT2D eigenvalue weighted by Crippen LogP contribution is -2.55. The van der Waals surface area contributed by atoms with Crippen molar-refractivity contribution in [1.82, 2.24) is 9.80 Å². The van der Waals surface area contributed by atoms with Gasteiger partial charge >= 0.3 is 5.97 Å². The largest absolute Gasteiger partial charge is 0.490 e. The van der Waals surface area contributed by atoms with E-state index in [1.54, 1.807) is 24.3 Å². The fourth-order valence-electron chi connectivity index (χ4n) is 7.17. The van der Waals surface area contributed by atoms with Crippen molar-refractivity contribution >= 4 is 17.8 Å². The van der Waals surface area contributed by atoms with Crippen LogP contribution in [0.25, 0.3) is 0 Å². The Morgan fingerprint density at radius 2 is 1.45 bits per heavy atom. The molecular formula is C36H40N2O6. The normalized spacial score (nSPS) is 21.2. The van der Waals surface area contributed by atoms with E-state index >= 15 is 0 Å². The van der Waals surface area contributed by atoms with Crippen LogP contribution in [0.15, 0.2) is 66.7 Å². The first kappa shape index (κ1) is 29.9. The quantitative estimate of drug-likeness (QED) is 0.217. The first-order chi connectivity index (χ1) is 21.4. The SMILES string of the molecule is CCOc1cc2c(cc1OCC)[C@]1(CC[C@H](C(=O)OCc3ccccc3)CC1)N(CCN1C(=O)c3ccccc3C1=O)CC2. The molecule has 230 valence electrons. The van der Waals surface area contributed by atoms with E-state index in [4.69, 9.17) is 14.2 Å². The van der Waals surface area contributed by atoms with Crippen molar-refractivity contribution in [2.75, 3.05) is 32.8 Å². The van der Waals surface area contributed by atoms with Crippen molar-refractivity contribution in [3.05, 3.63) is 94.5 Å². The van der Waals surface area contributed by atoms with Gasteiger partial charge in [0.2, 0.25) is 0 Å². The van der Waals surface area contributed by atoms with Gasteiger partial charge in [0, 0.05) is 25.2 Å². The highest BCUT2D eigenvalue weighted by atomic mass is 16.5. The maximum absolute atomic E-state index is 13.2. The number of amides is 2. The molecule has 3 aromatic rings. The summed E-state index contributed by atoms with van der Waals surface area (Å²) in [6, 6.07) is 21.0. The number of hydrogen-bond acceptors (Lipinski definition) is 7. The molecule has 2 heterocycles. The van der Waals surface area contributed by atoms with Crippen molar-refractivity contribution < 1.29 is 28.6 Å². The third kappa shape index (κ3) is 5.59. The third-order valence-corrected chi connectivity index (χ3v) is 9.37. The molecule has 1 aliphatic carbocycles. The summed E-state index contributed by atoms with van der Waals surface area (Å²) in [6.07, 6.45) is 3.70. The number of carbonyl (C=O) groups is 3. The van der Waals surface area contributed by atoms with Gasteiger partial charge in [0.25, 0.3) is 11.8 Å². The Morgan fingerprint density at radius 3 is 2.09 bits per heavy atom. The zero-order valence-corrected chi connectivity index (χ0v) is 25.6. The highest BCUT2D eigenvalue weighted by molar-refractivity contribution is 6.21. The van der Waals surface area contributed by atoms with Crippen LogP contribution in [0.2, 0.25) is 0 Å². The molecule has 1 spiro atoms. The predicted molar refractivity (Wildman–Crippen MR) is 166 cm³/mol. The molecule has 3 aromatic carbocycles. The van der Waals surface area contributed by atoms with Gasteiger partial charge in [-0.15, -0.1) is 0 Å². The number of carbonyl (C=O) groups excluding carboxylic acids is 3. The van der Waals surface area contributed by atoms with E-state index in [1.165, 1.54) is 16.0 Å². The van der Waals surface area contributed by atoms with Gasteiger partial charge < -0.3 is 14.2 Å². The van der Waals surface area contributed by atoms with Crippen molar-refractivity contribution in [2.45, 2.75) is 58.1 Å². The average molecular weight is 597 g/mol. The number of rotatable bonds is 10. The minimum atomic E-state index is -0.362. The molecule has 44 heavy (non-hydrogen) atoms. The Balaban J connectivity index is 1.25. The molecule has 2 amide bonds. The Morgan fingerprint density at radius 1 is 0.841 bits per heavy atom. The summed E-state index contributed by atoms with van der Waals surface area (Å²) in [5, 5.41) is 0. The van der Waals surface area contributed by atoms with Crippen molar-refractivity contribution in [3.63, 3.8) is 0 Å². The lowest BCUT2D eigenvalue weighted by atomic mass is 9.68. The van der Waals surface area contributed by atoms with Gasteiger partial charge in [0.1, 0.15) is 6.61 Å². The minimum absolute atomic E-state index is 0.154. The molecule has 1 fully saturated rings. The summed E-state index contributed by atoms with van der Waals surface area (Å²) >= 11 is 0. The Kier molecular flexibility index (Phi) is 8.71. The van der Waals surface area contributed by atoms with Crippen LogP contribution in [0.4, 0.5) is 0 Å². The number of nitrogens with zero attached hydrogens (tertiary/aromatic N) is 2. The number of fused-ring (bicyclic) bond motifs is 3. The molecule has 2 aliphatic heterocycles. The Hall–Kier alpha value is -4.17. The predicted octanol–water partition coefficient (Wildman–Crippen LogP) is 5.77. The number of ether oxygens (including phenoxy) is 3. The van der Waals surface area contributed by atoms with Crippen molar-refractivity contribution in [2.24, 2.45) is 5.92 Å². The molecule has 0 aromatic heterocycles. The number of hydrogen-bond donors (Lipinski definition) is 0. The standard InChI is InChI=1S/C36H40N2O6/c1-3-42-31-22-27-16-19-37(20-21-38-33(39)28-12-8-9-13-29(28)34(38)40)36(30(27)23-32(31)43-4-2)17-14-26(15-18-36)35(41)44-24-25-10-6-5-7-11-25/h5-13,22-23,26H,3-4,14-21,24H2,1-2H3/t26-,36+. The molecule has 8 nitrogen and oxygen atoms in total. The van der Waals surface area contributed by atoms with Crippen LogP contribution in [0.3, 0.4) is 0 Å².